The lowest BCUT2D eigenvalue weighted by molar-refractivity contribution is 0.425. The lowest BCUT2D eigenvalue weighted by Crippen LogP contribution is -2.12. The van der Waals surface area contributed by atoms with Gasteiger partial charge in [-0.15, -0.1) is 0 Å². The first kappa shape index (κ1) is 15.2. The van der Waals surface area contributed by atoms with Crippen molar-refractivity contribution in [2.45, 2.75) is 19.9 Å². The van der Waals surface area contributed by atoms with Gasteiger partial charge in [0.05, 0.1) is 11.3 Å². The quantitative estimate of drug-likeness (QED) is 0.723. The van der Waals surface area contributed by atoms with Gasteiger partial charge in [0.1, 0.15) is 5.82 Å². The normalized spacial score (nSPS) is 12.3. The fraction of sp³-hybridized carbons (Fsp3) is 0.176. The second-order valence-corrected chi connectivity index (χ2v) is 5.41. The van der Waals surface area contributed by atoms with Gasteiger partial charge < -0.3 is 16.0 Å². The van der Waals surface area contributed by atoms with Crippen molar-refractivity contribution in [3.05, 3.63) is 53.6 Å². The molecule has 1 atom stereocenters. The molecule has 0 bridgehead atoms. The van der Waals surface area contributed by atoms with E-state index in [1.165, 1.54) is 6.07 Å². The van der Waals surface area contributed by atoms with E-state index in [-0.39, 0.29) is 11.6 Å². The Labute approximate surface area is 133 Å². The zero-order chi connectivity index (χ0) is 16.6. The van der Waals surface area contributed by atoms with Gasteiger partial charge in [-0.3, -0.25) is 0 Å². The second-order valence-electron chi connectivity index (χ2n) is 5.41. The van der Waals surface area contributed by atoms with Crippen molar-refractivity contribution < 1.29 is 8.91 Å². The Morgan fingerprint density at radius 2 is 1.91 bits per heavy atom. The molecule has 118 valence electrons. The van der Waals surface area contributed by atoms with Crippen LogP contribution in [-0.2, 0) is 0 Å². The molecule has 0 fully saturated rings. The Hall–Kier alpha value is -2.73. The molecule has 1 aromatic heterocycles. The zero-order valence-corrected chi connectivity index (χ0v) is 12.9. The van der Waals surface area contributed by atoms with Crippen LogP contribution in [0.25, 0.3) is 22.6 Å². The maximum Gasteiger partial charge on any atom is 0.260 e. The second kappa shape index (κ2) is 5.81. The molecule has 23 heavy (non-hydrogen) atoms. The molecule has 4 N–H and O–H groups in total. The Morgan fingerprint density at radius 3 is 2.48 bits per heavy atom. The summed E-state index contributed by atoms with van der Waals surface area (Å²) in [6.07, 6.45) is 0. The topological polar surface area (TPSA) is 91.0 Å². The van der Waals surface area contributed by atoms with Crippen molar-refractivity contribution in [1.29, 1.82) is 0 Å². The number of aromatic nitrogens is 2. The monoisotopic (exact) mass is 312 g/mol. The molecule has 0 aliphatic heterocycles. The van der Waals surface area contributed by atoms with Crippen LogP contribution in [0, 0.1) is 12.7 Å². The molecule has 0 saturated heterocycles. The van der Waals surface area contributed by atoms with Crippen LogP contribution >= 0.6 is 0 Å². The predicted octanol–water partition coefficient (Wildman–Crippen LogP) is 3.45. The van der Waals surface area contributed by atoms with Gasteiger partial charge in [0.25, 0.3) is 5.89 Å². The largest absolute Gasteiger partial charge is 0.396 e. The number of aryl methyl sites for hydroxylation is 1. The van der Waals surface area contributed by atoms with Crippen molar-refractivity contribution >= 4 is 5.69 Å². The summed E-state index contributed by atoms with van der Waals surface area (Å²) < 4.78 is 19.6. The highest BCUT2D eigenvalue weighted by molar-refractivity contribution is 5.84. The van der Waals surface area contributed by atoms with E-state index in [2.05, 4.69) is 10.1 Å². The van der Waals surface area contributed by atoms with E-state index in [9.17, 15) is 4.39 Å². The molecular formula is C17H17FN4O. The van der Waals surface area contributed by atoms with Gasteiger partial charge >= 0.3 is 0 Å². The van der Waals surface area contributed by atoms with Crippen LogP contribution in [0.1, 0.15) is 24.4 Å². The molecule has 1 heterocycles. The van der Waals surface area contributed by atoms with Crippen LogP contribution in [0.2, 0.25) is 0 Å². The first-order valence-corrected chi connectivity index (χ1v) is 7.22. The SMILES string of the molecule is Cc1noc(-c2c(N)c(F)cc(-c3ccccc3)c2C(C)N)n1. The molecule has 2 aromatic carbocycles. The molecule has 0 saturated carbocycles. The molecule has 0 spiro atoms. The third-order valence-corrected chi connectivity index (χ3v) is 3.64. The Kier molecular flexibility index (Phi) is 3.83. The van der Waals surface area contributed by atoms with Crippen LogP contribution < -0.4 is 11.5 Å². The van der Waals surface area contributed by atoms with E-state index in [1.54, 1.807) is 6.92 Å². The van der Waals surface area contributed by atoms with E-state index < -0.39 is 11.9 Å². The smallest absolute Gasteiger partial charge is 0.260 e. The van der Waals surface area contributed by atoms with Crippen LogP contribution in [-0.4, -0.2) is 10.1 Å². The van der Waals surface area contributed by atoms with Crippen molar-refractivity contribution in [3.8, 4) is 22.6 Å². The van der Waals surface area contributed by atoms with Crippen molar-refractivity contribution in [1.82, 2.24) is 10.1 Å². The summed E-state index contributed by atoms with van der Waals surface area (Å²) in [5, 5.41) is 3.76. The summed E-state index contributed by atoms with van der Waals surface area (Å²) in [5.41, 5.74) is 14.6. The minimum atomic E-state index is -0.542. The van der Waals surface area contributed by atoms with E-state index >= 15 is 0 Å². The molecule has 5 nitrogen and oxygen atoms in total. The summed E-state index contributed by atoms with van der Waals surface area (Å²) in [5.74, 6) is 0.0728. The molecule has 3 rings (SSSR count). The number of nitrogens with two attached hydrogens (primary N) is 2. The summed E-state index contributed by atoms with van der Waals surface area (Å²) >= 11 is 0. The van der Waals surface area contributed by atoms with Crippen molar-refractivity contribution in [2.24, 2.45) is 5.73 Å². The zero-order valence-electron chi connectivity index (χ0n) is 12.9. The number of hydrogen-bond donors (Lipinski definition) is 2. The highest BCUT2D eigenvalue weighted by Crippen LogP contribution is 2.40. The Balaban J connectivity index is 2.36. The molecule has 0 amide bonds. The standard InChI is InChI=1S/C17H17FN4O/c1-9(19)14-12(11-6-4-3-5-7-11)8-13(18)16(20)15(14)17-21-10(2)22-23-17/h3-9H,19-20H2,1-2H3. The molecule has 0 radical (unpaired) electrons. The highest BCUT2D eigenvalue weighted by atomic mass is 19.1. The summed E-state index contributed by atoms with van der Waals surface area (Å²) in [6, 6.07) is 10.4. The van der Waals surface area contributed by atoms with Crippen LogP contribution in [0.15, 0.2) is 40.9 Å². The fourth-order valence-corrected chi connectivity index (χ4v) is 2.64. The highest BCUT2D eigenvalue weighted by Gasteiger charge is 2.24. The number of rotatable bonds is 3. The molecule has 6 heteroatoms. The molecular weight excluding hydrogens is 295 g/mol. The lowest BCUT2D eigenvalue weighted by atomic mass is 9.90. The predicted molar refractivity (Wildman–Crippen MR) is 86.9 cm³/mol. The van der Waals surface area contributed by atoms with Gasteiger partial charge in [0.15, 0.2) is 5.82 Å². The lowest BCUT2D eigenvalue weighted by Gasteiger charge is -2.18. The number of halogens is 1. The minimum Gasteiger partial charge on any atom is -0.396 e. The van der Waals surface area contributed by atoms with Gasteiger partial charge in [-0.05, 0) is 36.6 Å². The maximum atomic E-state index is 14.4. The number of anilines is 1. The van der Waals surface area contributed by atoms with Crippen LogP contribution in [0.4, 0.5) is 10.1 Å². The number of nitrogen functional groups attached to an aromatic ring is 1. The van der Waals surface area contributed by atoms with E-state index in [4.69, 9.17) is 16.0 Å². The summed E-state index contributed by atoms with van der Waals surface area (Å²) in [7, 11) is 0. The molecule has 1 unspecified atom stereocenters. The first-order chi connectivity index (χ1) is 11.0. The third kappa shape index (κ3) is 2.68. The number of benzene rings is 2. The summed E-state index contributed by atoms with van der Waals surface area (Å²) in [4.78, 5) is 4.18. The molecule has 0 aliphatic carbocycles. The molecule has 3 aromatic rings. The number of hydrogen-bond acceptors (Lipinski definition) is 5. The Morgan fingerprint density at radius 1 is 1.22 bits per heavy atom. The molecule has 0 aliphatic rings. The van der Waals surface area contributed by atoms with Gasteiger partial charge in [0, 0.05) is 6.04 Å². The van der Waals surface area contributed by atoms with Gasteiger partial charge in [0.2, 0.25) is 0 Å². The van der Waals surface area contributed by atoms with Crippen molar-refractivity contribution in [2.75, 3.05) is 5.73 Å². The van der Waals surface area contributed by atoms with E-state index in [0.717, 1.165) is 5.56 Å². The number of nitrogens with zero attached hydrogens (tertiary/aromatic N) is 2. The van der Waals surface area contributed by atoms with Crippen LogP contribution in [0.3, 0.4) is 0 Å². The average Bonchev–Trinajstić information content (AvgIpc) is 2.96. The average molecular weight is 312 g/mol. The van der Waals surface area contributed by atoms with E-state index in [0.29, 0.717) is 22.5 Å². The van der Waals surface area contributed by atoms with Gasteiger partial charge in [-0.2, -0.15) is 4.98 Å². The van der Waals surface area contributed by atoms with Gasteiger partial charge in [-0.25, -0.2) is 4.39 Å². The van der Waals surface area contributed by atoms with Gasteiger partial charge in [-0.1, -0.05) is 35.5 Å². The summed E-state index contributed by atoms with van der Waals surface area (Å²) in [6.45, 7) is 3.50. The fourth-order valence-electron chi connectivity index (χ4n) is 2.64. The van der Waals surface area contributed by atoms with Crippen LogP contribution in [0.5, 0.6) is 0 Å². The minimum absolute atomic E-state index is 0.0411. The maximum absolute atomic E-state index is 14.4. The van der Waals surface area contributed by atoms with E-state index in [1.807, 2.05) is 37.3 Å². The van der Waals surface area contributed by atoms with Crippen molar-refractivity contribution in [3.63, 3.8) is 0 Å². The first-order valence-electron chi connectivity index (χ1n) is 7.22. The Bertz CT molecular complexity index is 843. The third-order valence-electron chi connectivity index (χ3n) is 3.64.